The molecule has 0 bridgehead atoms. The second-order valence-corrected chi connectivity index (χ2v) is 9.43. The smallest absolute Gasteiger partial charge is 0.278 e. The molecule has 0 amide bonds. The molecular weight excluding hydrogens is 398 g/mol. The molecule has 1 fully saturated rings. The monoisotopic (exact) mass is 423 g/mol. The highest BCUT2D eigenvalue weighted by Gasteiger charge is 2.25. The quantitative estimate of drug-likeness (QED) is 0.665. The van der Waals surface area contributed by atoms with Crippen LogP contribution in [0.25, 0.3) is 0 Å². The van der Waals surface area contributed by atoms with Gasteiger partial charge in [0, 0.05) is 38.0 Å². The number of hydrogen-bond donors (Lipinski definition) is 0. The maximum absolute atomic E-state index is 12.8. The van der Waals surface area contributed by atoms with E-state index in [1.165, 1.54) is 12.4 Å². The first-order chi connectivity index (χ1) is 13.3. The molecule has 1 aromatic heterocycles. The van der Waals surface area contributed by atoms with Gasteiger partial charge in [-0.2, -0.15) is 12.2 Å². The molecular formula is C19H26ClN5O2S. The van der Waals surface area contributed by atoms with E-state index < -0.39 is 10.0 Å². The summed E-state index contributed by atoms with van der Waals surface area (Å²) in [6.07, 6.45) is 2.89. The SMILES string of the molecule is CCN1CCN(c2ncc(N(Cl)S(=O)(=O)c3ccc(C(C)C)cc3)cn2)CC1. The number of piperazine rings is 1. The van der Waals surface area contributed by atoms with Crippen LogP contribution in [0, 0.1) is 0 Å². The van der Waals surface area contributed by atoms with Gasteiger partial charge in [0.05, 0.1) is 17.3 Å². The molecule has 3 rings (SSSR count). The summed E-state index contributed by atoms with van der Waals surface area (Å²) in [4.78, 5) is 13.2. The molecule has 0 atom stereocenters. The van der Waals surface area contributed by atoms with E-state index in [0.29, 0.717) is 15.7 Å². The number of hydrogen-bond acceptors (Lipinski definition) is 6. The van der Waals surface area contributed by atoms with Crippen LogP contribution in [0.5, 0.6) is 0 Å². The van der Waals surface area contributed by atoms with Crippen LogP contribution >= 0.6 is 11.8 Å². The minimum Gasteiger partial charge on any atom is -0.338 e. The molecule has 0 saturated carbocycles. The van der Waals surface area contributed by atoms with E-state index in [1.807, 2.05) is 0 Å². The van der Waals surface area contributed by atoms with Crippen molar-refractivity contribution in [2.75, 3.05) is 41.4 Å². The molecule has 0 unspecified atom stereocenters. The van der Waals surface area contributed by atoms with Crippen molar-refractivity contribution in [1.29, 1.82) is 0 Å². The van der Waals surface area contributed by atoms with E-state index >= 15 is 0 Å². The molecule has 152 valence electrons. The fraction of sp³-hybridized carbons (Fsp3) is 0.474. The number of anilines is 2. The van der Waals surface area contributed by atoms with E-state index in [2.05, 4.69) is 40.5 Å². The Morgan fingerprint density at radius 3 is 2.14 bits per heavy atom. The molecule has 2 heterocycles. The largest absolute Gasteiger partial charge is 0.338 e. The predicted molar refractivity (Wildman–Crippen MR) is 112 cm³/mol. The Kier molecular flexibility index (Phi) is 6.42. The number of benzene rings is 1. The maximum atomic E-state index is 12.8. The Balaban J connectivity index is 1.74. The van der Waals surface area contributed by atoms with Crippen molar-refractivity contribution in [1.82, 2.24) is 14.9 Å². The van der Waals surface area contributed by atoms with Crippen molar-refractivity contribution < 1.29 is 8.42 Å². The molecule has 1 aliphatic heterocycles. The summed E-state index contributed by atoms with van der Waals surface area (Å²) in [6.45, 7) is 10.9. The van der Waals surface area contributed by atoms with Gasteiger partial charge < -0.3 is 9.80 Å². The van der Waals surface area contributed by atoms with E-state index in [4.69, 9.17) is 11.8 Å². The second-order valence-electron chi connectivity index (χ2n) is 7.11. The van der Waals surface area contributed by atoms with Crippen molar-refractivity contribution in [3.05, 3.63) is 42.2 Å². The van der Waals surface area contributed by atoms with Crippen molar-refractivity contribution in [2.24, 2.45) is 0 Å². The van der Waals surface area contributed by atoms with Crippen LogP contribution in [-0.4, -0.2) is 56.0 Å². The van der Waals surface area contributed by atoms with E-state index in [9.17, 15) is 8.42 Å². The highest BCUT2D eigenvalue weighted by Crippen LogP contribution is 2.26. The molecule has 28 heavy (non-hydrogen) atoms. The van der Waals surface area contributed by atoms with Gasteiger partial charge in [-0.1, -0.05) is 32.9 Å². The van der Waals surface area contributed by atoms with Crippen LogP contribution < -0.4 is 8.72 Å². The molecule has 0 radical (unpaired) electrons. The summed E-state index contributed by atoms with van der Waals surface area (Å²) in [5.74, 6) is 0.909. The zero-order valence-corrected chi connectivity index (χ0v) is 18.0. The first-order valence-electron chi connectivity index (χ1n) is 9.43. The number of likely N-dealkylation sites (N-methyl/N-ethyl adjacent to an activating group) is 1. The molecule has 0 aliphatic carbocycles. The lowest BCUT2D eigenvalue weighted by molar-refractivity contribution is 0.270. The lowest BCUT2D eigenvalue weighted by Crippen LogP contribution is -2.46. The normalized spacial score (nSPS) is 15.8. The zero-order valence-electron chi connectivity index (χ0n) is 16.4. The highest BCUT2D eigenvalue weighted by atomic mass is 35.5. The lowest BCUT2D eigenvalue weighted by Gasteiger charge is -2.34. The average Bonchev–Trinajstić information content (AvgIpc) is 2.73. The van der Waals surface area contributed by atoms with Crippen molar-refractivity contribution >= 4 is 33.4 Å². The minimum atomic E-state index is -3.88. The van der Waals surface area contributed by atoms with Gasteiger partial charge in [-0.15, -0.1) is 0 Å². The van der Waals surface area contributed by atoms with Crippen LogP contribution in [0.1, 0.15) is 32.3 Å². The van der Waals surface area contributed by atoms with Gasteiger partial charge in [0.15, 0.2) is 0 Å². The Bertz CT molecular complexity index is 880. The Labute approximate surface area is 172 Å². The summed E-state index contributed by atoms with van der Waals surface area (Å²) in [7, 11) is -3.88. The van der Waals surface area contributed by atoms with Gasteiger partial charge in [-0.05, 0) is 30.2 Å². The fourth-order valence-corrected chi connectivity index (χ4v) is 4.45. The van der Waals surface area contributed by atoms with E-state index in [1.54, 1.807) is 24.3 Å². The molecule has 7 nitrogen and oxygen atoms in total. The lowest BCUT2D eigenvalue weighted by atomic mass is 10.0. The van der Waals surface area contributed by atoms with Crippen molar-refractivity contribution in [2.45, 2.75) is 31.6 Å². The summed E-state index contributed by atoms with van der Waals surface area (Å²) in [5, 5.41) is 0. The molecule has 0 spiro atoms. The third-order valence-electron chi connectivity index (χ3n) is 4.99. The number of halogens is 1. The highest BCUT2D eigenvalue weighted by molar-refractivity contribution is 7.94. The molecule has 0 N–H and O–H groups in total. The molecule has 2 aromatic rings. The van der Waals surface area contributed by atoms with Crippen molar-refractivity contribution in [3.63, 3.8) is 0 Å². The standard InChI is InChI=1S/C19H26ClN5O2S/c1-4-23-9-11-24(12-10-23)19-21-13-17(14-22-19)25(20)28(26,27)18-7-5-16(6-8-18)15(2)3/h5-8,13-15H,4,9-12H2,1-3H3. The van der Waals surface area contributed by atoms with Crippen LogP contribution in [0.2, 0.25) is 0 Å². The van der Waals surface area contributed by atoms with Gasteiger partial charge in [0.25, 0.3) is 10.0 Å². The molecule has 1 aromatic carbocycles. The topological polar surface area (TPSA) is 69.6 Å². The van der Waals surface area contributed by atoms with Crippen LogP contribution in [-0.2, 0) is 10.0 Å². The van der Waals surface area contributed by atoms with E-state index in [0.717, 1.165) is 38.3 Å². The average molecular weight is 424 g/mol. The number of rotatable bonds is 6. The van der Waals surface area contributed by atoms with Crippen molar-refractivity contribution in [3.8, 4) is 0 Å². The van der Waals surface area contributed by atoms with E-state index in [-0.39, 0.29) is 10.6 Å². The number of sulfonamides is 1. The summed E-state index contributed by atoms with van der Waals surface area (Å²) in [5.41, 5.74) is 1.28. The third kappa shape index (κ3) is 4.39. The molecule has 9 heteroatoms. The predicted octanol–water partition coefficient (Wildman–Crippen LogP) is 3.09. The Morgan fingerprint density at radius 2 is 1.64 bits per heavy atom. The Hall–Kier alpha value is -1.90. The third-order valence-corrected chi connectivity index (χ3v) is 7.23. The number of aromatic nitrogens is 2. The first-order valence-corrected chi connectivity index (χ1v) is 11.2. The second kappa shape index (κ2) is 8.63. The number of nitrogens with zero attached hydrogens (tertiary/aromatic N) is 5. The summed E-state index contributed by atoms with van der Waals surface area (Å²) in [6, 6.07) is 6.75. The van der Waals surface area contributed by atoms with Gasteiger partial charge in [-0.25, -0.2) is 9.97 Å². The fourth-order valence-electron chi connectivity index (χ4n) is 3.09. The zero-order chi connectivity index (χ0) is 20.3. The summed E-state index contributed by atoms with van der Waals surface area (Å²) < 4.78 is 26.3. The molecule has 1 saturated heterocycles. The first kappa shape index (κ1) is 20.8. The van der Waals surface area contributed by atoms with Gasteiger partial charge in [0.1, 0.15) is 5.69 Å². The van der Waals surface area contributed by atoms with Gasteiger partial charge in [0.2, 0.25) is 5.95 Å². The Morgan fingerprint density at radius 1 is 1.07 bits per heavy atom. The summed E-state index contributed by atoms with van der Waals surface area (Å²) >= 11 is 6.16. The van der Waals surface area contributed by atoms with Crippen LogP contribution in [0.3, 0.4) is 0 Å². The van der Waals surface area contributed by atoms with Crippen LogP contribution in [0.4, 0.5) is 11.6 Å². The van der Waals surface area contributed by atoms with Crippen LogP contribution in [0.15, 0.2) is 41.6 Å². The molecule has 1 aliphatic rings. The van der Waals surface area contributed by atoms with Gasteiger partial charge >= 0.3 is 0 Å². The minimum absolute atomic E-state index is 0.131. The van der Waals surface area contributed by atoms with Gasteiger partial charge in [-0.3, -0.25) is 0 Å². The maximum Gasteiger partial charge on any atom is 0.278 e.